The number of carbonyl (C=O) groups is 2. The fourth-order valence-electron chi connectivity index (χ4n) is 1.30. The lowest BCUT2D eigenvalue weighted by molar-refractivity contribution is 0.0695. The van der Waals surface area contributed by atoms with Gasteiger partial charge in [-0.25, -0.2) is 9.59 Å². The molecule has 0 aliphatic carbocycles. The lowest BCUT2D eigenvalue weighted by atomic mass is 10.0. The van der Waals surface area contributed by atoms with Crippen LogP contribution in [0.4, 0.5) is 0 Å². The number of hydrogen-bond donors (Lipinski definition) is 3. The van der Waals surface area contributed by atoms with Gasteiger partial charge in [0.15, 0.2) is 0 Å². The second-order valence-electron chi connectivity index (χ2n) is 3.33. The number of thiol groups is 1. The molecular weight excluding hydrogens is 240 g/mol. The molecule has 4 nitrogen and oxygen atoms in total. The molecule has 0 radical (unpaired) electrons. The number of hydrogen-bond acceptors (Lipinski definition) is 3. The first kappa shape index (κ1) is 13.3. The Morgan fingerprint density at radius 3 is 2.47 bits per heavy atom. The van der Waals surface area contributed by atoms with Crippen LogP contribution < -0.4 is 0 Å². The first-order valence-electron chi connectivity index (χ1n) is 4.94. The SMILES string of the molecule is O=C(O)c1ccc(C=CCCS)c(C(=O)O)c1. The molecule has 0 heterocycles. The van der Waals surface area contributed by atoms with Gasteiger partial charge in [0, 0.05) is 0 Å². The van der Waals surface area contributed by atoms with Crippen molar-refractivity contribution in [2.24, 2.45) is 0 Å². The molecule has 5 heteroatoms. The third-order valence-electron chi connectivity index (χ3n) is 2.12. The third kappa shape index (κ3) is 3.64. The van der Waals surface area contributed by atoms with Crippen LogP contribution in [0.5, 0.6) is 0 Å². The molecule has 0 aliphatic heterocycles. The van der Waals surface area contributed by atoms with Gasteiger partial charge < -0.3 is 10.2 Å². The first-order chi connectivity index (χ1) is 8.06. The summed E-state index contributed by atoms with van der Waals surface area (Å²) in [4.78, 5) is 21.7. The number of carboxylic acid groups (broad SMARTS) is 2. The van der Waals surface area contributed by atoms with Crippen LogP contribution in [0, 0.1) is 0 Å². The lowest BCUT2D eigenvalue weighted by Crippen LogP contribution is -2.04. The molecule has 1 aromatic rings. The summed E-state index contributed by atoms with van der Waals surface area (Å²) in [5.74, 6) is -1.61. The fourth-order valence-corrected chi connectivity index (χ4v) is 1.45. The Balaban J connectivity index is 3.13. The van der Waals surface area contributed by atoms with Crippen LogP contribution in [0.2, 0.25) is 0 Å². The molecule has 1 aromatic carbocycles. The minimum Gasteiger partial charge on any atom is -0.478 e. The summed E-state index contributed by atoms with van der Waals surface area (Å²) in [5, 5.41) is 17.8. The van der Waals surface area contributed by atoms with Crippen molar-refractivity contribution in [3.8, 4) is 0 Å². The molecule has 0 fully saturated rings. The van der Waals surface area contributed by atoms with Crippen molar-refractivity contribution in [2.75, 3.05) is 5.75 Å². The summed E-state index contributed by atoms with van der Waals surface area (Å²) < 4.78 is 0. The molecule has 90 valence electrons. The largest absolute Gasteiger partial charge is 0.478 e. The Kier molecular flexibility index (Phi) is 4.78. The van der Waals surface area contributed by atoms with Crippen LogP contribution in [0.1, 0.15) is 32.7 Å². The highest BCUT2D eigenvalue weighted by Crippen LogP contribution is 2.14. The zero-order valence-corrected chi connectivity index (χ0v) is 9.85. The average Bonchev–Trinajstić information content (AvgIpc) is 2.29. The van der Waals surface area contributed by atoms with Crippen LogP contribution in [-0.2, 0) is 0 Å². The zero-order valence-electron chi connectivity index (χ0n) is 8.96. The van der Waals surface area contributed by atoms with E-state index in [1.165, 1.54) is 12.1 Å². The lowest BCUT2D eigenvalue weighted by Gasteiger charge is -2.02. The predicted molar refractivity (Wildman–Crippen MR) is 67.9 cm³/mol. The number of allylic oxidation sites excluding steroid dienone is 1. The van der Waals surface area contributed by atoms with E-state index in [0.717, 1.165) is 12.5 Å². The van der Waals surface area contributed by atoms with Crippen molar-refractivity contribution in [3.63, 3.8) is 0 Å². The Morgan fingerprint density at radius 1 is 1.24 bits per heavy atom. The molecule has 0 aliphatic rings. The molecule has 0 atom stereocenters. The minimum absolute atomic E-state index is 0.0136. The van der Waals surface area contributed by atoms with Gasteiger partial charge in [0.25, 0.3) is 0 Å². The van der Waals surface area contributed by atoms with E-state index in [2.05, 4.69) is 12.6 Å². The summed E-state index contributed by atoms with van der Waals surface area (Å²) in [6.07, 6.45) is 4.18. The zero-order chi connectivity index (χ0) is 12.8. The fraction of sp³-hybridized carbons (Fsp3) is 0.167. The molecule has 2 N–H and O–H groups in total. The molecule has 0 aromatic heterocycles. The van der Waals surface area contributed by atoms with Gasteiger partial charge in [-0.05, 0) is 29.9 Å². The van der Waals surface area contributed by atoms with Crippen molar-refractivity contribution >= 4 is 30.6 Å². The highest BCUT2D eigenvalue weighted by atomic mass is 32.1. The van der Waals surface area contributed by atoms with Crippen LogP contribution in [-0.4, -0.2) is 27.9 Å². The maximum atomic E-state index is 11.0. The quantitative estimate of drug-likeness (QED) is 0.703. The van der Waals surface area contributed by atoms with Gasteiger partial charge in [-0.1, -0.05) is 18.2 Å². The second kappa shape index (κ2) is 6.10. The van der Waals surface area contributed by atoms with E-state index in [9.17, 15) is 9.59 Å². The Hall–Kier alpha value is -1.75. The topological polar surface area (TPSA) is 74.6 Å². The molecule has 0 saturated heterocycles. The summed E-state index contributed by atoms with van der Waals surface area (Å²) in [6, 6.07) is 4.03. The standard InChI is InChI=1S/C12H12O4S/c13-11(14)9-5-4-8(3-1-2-6-17)10(7-9)12(15)16/h1,3-5,7,17H,2,6H2,(H,13,14)(H,15,16). The minimum atomic E-state index is -1.14. The molecule has 17 heavy (non-hydrogen) atoms. The number of benzene rings is 1. The molecule has 1 rings (SSSR count). The maximum absolute atomic E-state index is 11.0. The second-order valence-corrected chi connectivity index (χ2v) is 3.77. The van der Waals surface area contributed by atoms with Crippen molar-refractivity contribution < 1.29 is 19.8 Å². The molecular formula is C12H12O4S. The monoisotopic (exact) mass is 252 g/mol. The highest BCUT2D eigenvalue weighted by Gasteiger charge is 2.11. The van der Waals surface area contributed by atoms with Crippen LogP contribution in [0.25, 0.3) is 6.08 Å². The van der Waals surface area contributed by atoms with Gasteiger partial charge in [-0.15, -0.1) is 0 Å². The predicted octanol–water partition coefficient (Wildman–Crippen LogP) is 2.42. The van der Waals surface area contributed by atoms with E-state index in [-0.39, 0.29) is 11.1 Å². The molecule has 0 saturated carbocycles. The van der Waals surface area contributed by atoms with Crippen molar-refractivity contribution in [2.45, 2.75) is 6.42 Å². The number of carboxylic acids is 2. The Labute approximate surface area is 104 Å². The third-order valence-corrected chi connectivity index (χ3v) is 2.38. The van der Waals surface area contributed by atoms with Crippen molar-refractivity contribution in [1.82, 2.24) is 0 Å². The van der Waals surface area contributed by atoms with E-state index < -0.39 is 11.9 Å². The summed E-state index contributed by atoms with van der Waals surface area (Å²) >= 11 is 4.03. The molecule has 0 unspecified atom stereocenters. The van der Waals surface area contributed by atoms with Crippen molar-refractivity contribution in [3.05, 3.63) is 41.0 Å². The van der Waals surface area contributed by atoms with E-state index in [1.807, 2.05) is 0 Å². The van der Waals surface area contributed by atoms with E-state index in [1.54, 1.807) is 12.2 Å². The van der Waals surface area contributed by atoms with E-state index in [0.29, 0.717) is 11.3 Å². The van der Waals surface area contributed by atoms with Gasteiger partial charge in [0.2, 0.25) is 0 Å². The number of aromatic carboxylic acids is 2. The van der Waals surface area contributed by atoms with Gasteiger partial charge in [-0.2, -0.15) is 12.6 Å². The molecule has 0 spiro atoms. The summed E-state index contributed by atoms with van der Waals surface area (Å²) in [5.41, 5.74) is 0.443. The van der Waals surface area contributed by atoms with Crippen molar-refractivity contribution in [1.29, 1.82) is 0 Å². The Bertz CT molecular complexity index is 466. The van der Waals surface area contributed by atoms with E-state index >= 15 is 0 Å². The van der Waals surface area contributed by atoms with Gasteiger partial charge in [-0.3, -0.25) is 0 Å². The smallest absolute Gasteiger partial charge is 0.336 e. The van der Waals surface area contributed by atoms with Crippen LogP contribution in [0.15, 0.2) is 24.3 Å². The highest BCUT2D eigenvalue weighted by molar-refractivity contribution is 7.80. The Morgan fingerprint density at radius 2 is 1.94 bits per heavy atom. The molecule has 0 bridgehead atoms. The van der Waals surface area contributed by atoms with E-state index in [4.69, 9.17) is 10.2 Å². The normalized spacial score (nSPS) is 10.6. The summed E-state index contributed by atoms with van der Waals surface area (Å²) in [7, 11) is 0. The average molecular weight is 252 g/mol. The molecule has 0 amide bonds. The van der Waals surface area contributed by atoms with Gasteiger partial charge in [0.05, 0.1) is 11.1 Å². The van der Waals surface area contributed by atoms with Gasteiger partial charge >= 0.3 is 11.9 Å². The van der Waals surface area contributed by atoms with Crippen LogP contribution in [0.3, 0.4) is 0 Å². The summed E-state index contributed by atoms with van der Waals surface area (Å²) in [6.45, 7) is 0. The maximum Gasteiger partial charge on any atom is 0.336 e. The van der Waals surface area contributed by atoms with Gasteiger partial charge in [0.1, 0.15) is 0 Å². The number of rotatable bonds is 5. The van der Waals surface area contributed by atoms with Crippen LogP contribution >= 0.6 is 12.6 Å². The first-order valence-corrected chi connectivity index (χ1v) is 5.57.